The molecule has 0 saturated carbocycles. The topological polar surface area (TPSA) is 62.1 Å². The Labute approximate surface area is 124 Å². The summed E-state index contributed by atoms with van der Waals surface area (Å²) >= 11 is 0. The highest BCUT2D eigenvalue weighted by Crippen LogP contribution is 2.16. The largest absolute Gasteiger partial charge is 0.482 e. The number of hydrogen-bond acceptors (Lipinski definition) is 3. The van der Waals surface area contributed by atoms with Crippen molar-refractivity contribution in [3.8, 4) is 11.8 Å². The first kappa shape index (κ1) is 14.6. The molecule has 106 valence electrons. The summed E-state index contributed by atoms with van der Waals surface area (Å²) in [4.78, 5) is 11.8. The molecule has 0 spiro atoms. The molecule has 1 N–H and O–H groups in total. The zero-order chi connectivity index (χ0) is 15.1. The second-order valence-corrected chi connectivity index (χ2v) is 4.50. The van der Waals surface area contributed by atoms with Crippen LogP contribution in [0.15, 0.2) is 48.5 Å². The fourth-order valence-corrected chi connectivity index (χ4v) is 1.85. The van der Waals surface area contributed by atoms with E-state index in [0.717, 1.165) is 12.1 Å². The third-order valence-corrected chi connectivity index (χ3v) is 3.01. The van der Waals surface area contributed by atoms with Crippen molar-refractivity contribution in [3.05, 3.63) is 59.7 Å². The summed E-state index contributed by atoms with van der Waals surface area (Å²) in [5.74, 6) is 0.156. The lowest BCUT2D eigenvalue weighted by Gasteiger charge is -2.09. The van der Waals surface area contributed by atoms with E-state index in [9.17, 15) is 4.79 Å². The van der Waals surface area contributed by atoms with Crippen molar-refractivity contribution in [2.45, 2.75) is 13.3 Å². The molecule has 2 aromatic rings. The molecule has 0 unspecified atom stereocenters. The molecule has 21 heavy (non-hydrogen) atoms. The van der Waals surface area contributed by atoms with E-state index in [0.29, 0.717) is 11.3 Å². The monoisotopic (exact) mass is 280 g/mol. The molecule has 4 nitrogen and oxygen atoms in total. The zero-order valence-electron chi connectivity index (χ0n) is 11.8. The lowest BCUT2D eigenvalue weighted by Crippen LogP contribution is -2.20. The molecule has 0 bridgehead atoms. The number of aryl methyl sites for hydroxylation is 1. The Kier molecular flexibility index (Phi) is 4.94. The van der Waals surface area contributed by atoms with E-state index in [2.05, 4.69) is 12.2 Å². The molecule has 2 rings (SSSR count). The molecular weight excluding hydrogens is 264 g/mol. The lowest BCUT2D eigenvalue weighted by atomic mass is 10.1. The van der Waals surface area contributed by atoms with Gasteiger partial charge < -0.3 is 10.1 Å². The van der Waals surface area contributed by atoms with Gasteiger partial charge in [0.2, 0.25) is 0 Å². The standard InChI is InChI=1S/C17H16N2O2/c1-2-13-7-9-15(10-8-13)19-17(20)12-21-16-6-4-3-5-14(16)11-18/h3-10H,2,12H2,1H3,(H,19,20). The van der Waals surface area contributed by atoms with Gasteiger partial charge in [0.15, 0.2) is 6.61 Å². The maximum absolute atomic E-state index is 11.8. The van der Waals surface area contributed by atoms with E-state index in [4.69, 9.17) is 10.00 Å². The molecule has 0 aliphatic carbocycles. The van der Waals surface area contributed by atoms with Gasteiger partial charge >= 0.3 is 0 Å². The quantitative estimate of drug-likeness (QED) is 0.915. The number of hydrogen-bond donors (Lipinski definition) is 1. The van der Waals surface area contributed by atoms with E-state index < -0.39 is 0 Å². The van der Waals surface area contributed by atoms with E-state index >= 15 is 0 Å². The smallest absolute Gasteiger partial charge is 0.262 e. The Morgan fingerprint density at radius 2 is 1.90 bits per heavy atom. The van der Waals surface area contributed by atoms with Gasteiger partial charge in [0.25, 0.3) is 5.91 Å². The van der Waals surface area contributed by atoms with Crippen molar-refractivity contribution in [2.75, 3.05) is 11.9 Å². The summed E-state index contributed by atoms with van der Waals surface area (Å²) in [6.07, 6.45) is 0.961. The van der Waals surface area contributed by atoms with Crippen LogP contribution in [0.3, 0.4) is 0 Å². The number of para-hydroxylation sites is 1. The minimum absolute atomic E-state index is 0.131. The van der Waals surface area contributed by atoms with Gasteiger partial charge in [-0.2, -0.15) is 5.26 Å². The van der Waals surface area contributed by atoms with Crippen molar-refractivity contribution >= 4 is 11.6 Å². The normalized spacial score (nSPS) is 9.71. The molecule has 1 amide bonds. The maximum atomic E-state index is 11.8. The second-order valence-electron chi connectivity index (χ2n) is 4.50. The van der Waals surface area contributed by atoms with Crippen LogP contribution in [0, 0.1) is 11.3 Å². The van der Waals surface area contributed by atoms with E-state index in [1.54, 1.807) is 24.3 Å². The summed E-state index contributed by atoms with van der Waals surface area (Å²) in [5.41, 5.74) is 2.36. The van der Waals surface area contributed by atoms with Crippen molar-refractivity contribution in [1.29, 1.82) is 5.26 Å². The van der Waals surface area contributed by atoms with Crippen LogP contribution in [0.4, 0.5) is 5.69 Å². The third kappa shape index (κ3) is 4.08. The van der Waals surface area contributed by atoms with Crippen molar-refractivity contribution < 1.29 is 9.53 Å². The Bertz CT molecular complexity index is 657. The van der Waals surface area contributed by atoms with Crippen LogP contribution in [-0.2, 0) is 11.2 Å². The molecule has 0 aliphatic heterocycles. The molecule has 0 heterocycles. The van der Waals surface area contributed by atoms with Crippen molar-refractivity contribution in [1.82, 2.24) is 0 Å². The minimum atomic E-state index is -0.257. The molecule has 0 saturated heterocycles. The minimum Gasteiger partial charge on any atom is -0.482 e. The molecule has 0 radical (unpaired) electrons. The van der Waals surface area contributed by atoms with Crippen LogP contribution in [0.5, 0.6) is 5.75 Å². The van der Waals surface area contributed by atoms with Crippen LogP contribution < -0.4 is 10.1 Å². The average molecular weight is 280 g/mol. The SMILES string of the molecule is CCc1ccc(NC(=O)COc2ccccc2C#N)cc1. The number of carbonyl (C=O) groups excluding carboxylic acids is 1. The summed E-state index contributed by atoms with van der Waals surface area (Å²) in [7, 11) is 0. The highest BCUT2D eigenvalue weighted by molar-refractivity contribution is 5.91. The van der Waals surface area contributed by atoms with Crippen LogP contribution in [0.2, 0.25) is 0 Å². The summed E-state index contributed by atoms with van der Waals surface area (Å²) < 4.78 is 5.37. The Morgan fingerprint density at radius 3 is 2.57 bits per heavy atom. The predicted molar refractivity (Wildman–Crippen MR) is 81.1 cm³/mol. The fraction of sp³-hybridized carbons (Fsp3) is 0.176. The van der Waals surface area contributed by atoms with Gasteiger partial charge in [-0.15, -0.1) is 0 Å². The summed E-state index contributed by atoms with van der Waals surface area (Å²) in [6, 6.07) is 16.5. The first-order valence-corrected chi connectivity index (χ1v) is 6.73. The van der Waals surface area contributed by atoms with Gasteiger partial charge in [-0.1, -0.05) is 31.2 Å². The number of benzene rings is 2. The van der Waals surface area contributed by atoms with E-state index in [1.807, 2.05) is 30.3 Å². The highest BCUT2D eigenvalue weighted by Gasteiger charge is 2.06. The van der Waals surface area contributed by atoms with Crippen LogP contribution in [0.1, 0.15) is 18.1 Å². The molecule has 2 aromatic carbocycles. The Balaban J connectivity index is 1.91. The number of nitriles is 1. The van der Waals surface area contributed by atoms with E-state index in [-0.39, 0.29) is 12.5 Å². The van der Waals surface area contributed by atoms with E-state index in [1.165, 1.54) is 5.56 Å². The van der Waals surface area contributed by atoms with Gasteiger partial charge in [0, 0.05) is 5.69 Å². The number of nitrogens with one attached hydrogen (secondary N) is 1. The molecule has 4 heteroatoms. The first-order valence-electron chi connectivity index (χ1n) is 6.73. The van der Waals surface area contributed by atoms with Gasteiger partial charge in [0.05, 0.1) is 5.56 Å². The maximum Gasteiger partial charge on any atom is 0.262 e. The zero-order valence-corrected chi connectivity index (χ0v) is 11.8. The fourth-order valence-electron chi connectivity index (χ4n) is 1.85. The second kappa shape index (κ2) is 7.11. The number of rotatable bonds is 5. The predicted octanol–water partition coefficient (Wildman–Crippen LogP) is 3.14. The van der Waals surface area contributed by atoms with Crippen molar-refractivity contribution in [3.63, 3.8) is 0 Å². The van der Waals surface area contributed by atoms with Crippen LogP contribution in [-0.4, -0.2) is 12.5 Å². The first-order chi connectivity index (χ1) is 10.2. The number of nitrogens with zero attached hydrogens (tertiary/aromatic N) is 1. The molecular formula is C17H16N2O2. The Morgan fingerprint density at radius 1 is 1.19 bits per heavy atom. The van der Waals surface area contributed by atoms with Crippen molar-refractivity contribution in [2.24, 2.45) is 0 Å². The molecule has 0 fully saturated rings. The number of anilines is 1. The Hall–Kier alpha value is -2.80. The summed E-state index contributed by atoms with van der Waals surface area (Å²) in [5, 5.41) is 11.7. The highest BCUT2D eigenvalue weighted by atomic mass is 16.5. The molecule has 0 atom stereocenters. The van der Waals surface area contributed by atoms with Crippen LogP contribution in [0.25, 0.3) is 0 Å². The molecule has 0 aliphatic rings. The third-order valence-electron chi connectivity index (χ3n) is 3.01. The number of amides is 1. The van der Waals surface area contributed by atoms with Gasteiger partial charge in [-0.3, -0.25) is 4.79 Å². The summed E-state index contributed by atoms with van der Waals surface area (Å²) in [6.45, 7) is 1.95. The van der Waals surface area contributed by atoms with Gasteiger partial charge in [-0.25, -0.2) is 0 Å². The van der Waals surface area contributed by atoms with Crippen LogP contribution >= 0.6 is 0 Å². The lowest BCUT2D eigenvalue weighted by molar-refractivity contribution is -0.118. The van der Waals surface area contributed by atoms with Gasteiger partial charge in [0.1, 0.15) is 11.8 Å². The average Bonchev–Trinajstić information content (AvgIpc) is 2.54. The number of carbonyl (C=O) groups is 1. The molecule has 0 aromatic heterocycles. The van der Waals surface area contributed by atoms with Gasteiger partial charge in [-0.05, 0) is 36.2 Å². The number of ether oxygens (including phenoxy) is 1.